The third-order valence-electron chi connectivity index (χ3n) is 1.91. The van der Waals surface area contributed by atoms with Crippen LogP contribution in [0.5, 0.6) is 0 Å². The first-order valence-electron chi connectivity index (χ1n) is 4.23. The number of imidazole rings is 1. The molecule has 2 rings (SSSR count). The number of fused-ring (bicyclic) bond motifs is 1. The van der Waals surface area contributed by atoms with Crippen molar-refractivity contribution in [1.82, 2.24) is 14.5 Å². The predicted octanol–water partition coefficient (Wildman–Crippen LogP) is 2.06. The maximum atomic E-state index is 5.62. The highest BCUT2D eigenvalue weighted by atomic mass is 35.5. The van der Waals surface area contributed by atoms with Crippen LogP contribution in [0.1, 0.15) is 6.42 Å². The van der Waals surface area contributed by atoms with Crippen LogP contribution in [0, 0.1) is 0 Å². The minimum absolute atomic E-state index is 0.673. The van der Waals surface area contributed by atoms with Gasteiger partial charge < -0.3 is 4.57 Å². The summed E-state index contributed by atoms with van der Waals surface area (Å²) in [6.45, 7) is 0.886. The first-order chi connectivity index (χ1) is 6.42. The summed E-state index contributed by atoms with van der Waals surface area (Å²) in [5.74, 6) is 0.673. The highest BCUT2D eigenvalue weighted by molar-refractivity contribution is 6.17. The van der Waals surface area contributed by atoms with E-state index in [2.05, 4.69) is 9.97 Å². The molecule has 2 aromatic rings. The predicted molar refractivity (Wildman–Crippen MR) is 52.9 cm³/mol. The monoisotopic (exact) mass is 195 g/mol. The fraction of sp³-hybridized carbons (Fsp3) is 0.333. The SMILES string of the molecule is ClCCCn1cnc2cccnc21. The maximum absolute atomic E-state index is 5.62. The molecule has 3 nitrogen and oxygen atoms in total. The van der Waals surface area contributed by atoms with Gasteiger partial charge >= 0.3 is 0 Å². The summed E-state index contributed by atoms with van der Waals surface area (Å²) >= 11 is 5.62. The molecule has 4 heteroatoms. The molecule has 0 unspecified atom stereocenters. The molecule has 0 bridgehead atoms. The van der Waals surface area contributed by atoms with Crippen molar-refractivity contribution in [3.05, 3.63) is 24.7 Å². The summed E-state index contributed by atoms with van der Waals surface area (Å²) in [5.41, 5.74) is 1.88. The Morgan fingerprint density at radius 1 is 1.38 bits per heavy atom. The number of pyridine rings is 1. The van der Waals surface area contributed by atoms with Gasteiger partial charge in [0.25, 0.3) is 0 Å². The average Bonchev–Trinajstić information content (AvgIpc) is 2.58. The molecule has 0 radical (unpaired) electrons. The van der Waals surface area contributed by atoms with E-state index in [1.165, 1.54) is 0 Å². The molecular formula is C9H10ClN3. The second kappa shape index (κ2) is 3.75. The standard InChI is InChI=1S/C9H10ClN3/c10-4-2-6-13-7-12-8-3-1-5-11-9(8)13/h1,3,5,7H,2,4,6H2. The number of hydrogen-bond acceptors (Lipinski definition) is 2. The highest BCUT2D eigenvalue weighted by Gasteiger charge is 2.00. The van der Waals surface area contributed by atoms with Crippen molar-refractivity contribution < 1.29 is 0 Å². The summed E-state index contributed by atoms with van der Waals surface area (Å²) in [6.07, 6.45) is 4.54. The molecule has 0 aliphatic heterocycles. The van der Waals surface area contributed by atoms with Gasteiger partial charge in [-0.15, -0.1) is 11.6 Å². The number of nitrogens with zero attached hydrogens (tertiary/aromatic N) is 3. The zero-order valence-electron chi connectivity index (χ0n) is 7.15. The van der Waals surface area contributed by atoms with Gasteiger partial charge in [0.05, 0.1) is 6.33 Å². The van der Waals surface area contributed by atoms with Crippen molar-refractivity contribution in [2.75, 3.05) is 5.88 Å². The van der Waals surface area contributed by atoms with E-state index in [1.807, 2.05) is 23.0 Å². The lowest BCUT2D eigenvalue weighted by atomic mass is 10.4. The topological polar surface area (TPSA) is 30.7 Å². The molecule has 0 fully saturated rings. The Balaban J connectivity index is 2.35. The number of alkyl halides is 1. The van der Waals surface area contributed by atoms with Crippen molar-refractivity contribution in [1.29, 1.82) is 0 Å². The largest absolute Gasteiger partial charge is 0.315 e. The van der Waals surface area contributed by atoms with Crippen molar-refractivity contribution in [3.63, 3.8) is 0 Å². The first-order valence-corrected chi connectivity index (χ1v) is 4.77. The zero-order chi connectivity index (χ0) is 9.10. The molecule has 0 saturated heterocycles. The Kier molecular flexibility index (Phi) is 2.45. The van der Waals surface area contributed by atoms with Crippen LogP contribution < -0.4 is 0 Å². The molecule has 2 aromatic heterocycles. The van der Waals surface area contributed by atoms with E-state index in [0.29, 0.717) is 5.88 Å². The Labute approximate surface area is 81.4 Å². The average molecular weight is 196 g/mol. The van der Waals surface area contributed by atoms with Crippen molar-refractivity contribution in [3.8, 4) is 0 Å². The Hall–Kier alpha value is -1.09. The molecule has 0 saturated carbocycles. The van der Waals surface area contributed by atoms with Gasteiger partial charge in [0.1, 0.15) is 5.52 Å². The number of hydrogen-bond donors (Lipinski definition) is 0. The van der Waals surface area contributed by atoms with Crippen molar-refractivity contribution in [2.45, 2.75) is 13.0 Å². The fourth-order valence-corrected chi connectivity index (χ4v) is 1.41. The van der Waals surface area contributed by atoms with Crippen LogP contribution in [0.4, 0.5) is 0 Å². The van der Waals surface area contributed by atoms with Crippen molar-refractivity contribution >= 4 is 22.8 Å². The van der Waals surface area contributed by atoms with Crippen LogP contribution in [0.3, 0.4) is 0 Å². The van der Waals surface area contributed by atoms with Gasteiger partial charge in [0.2, 0.25) is 0 Å². The minimum Gasteiger partial charge on any atom is -0.315 e. The molecule has 13 heavy (non-hydrogen) atoms. The Morgan fingerprint density at radius 3 is 3.15 bits per heavy atom. The molecule has 0 N–H and O–H groups in total. The third kappa shape index (κ3) is 1.65. The molecule has 0 aliphatic carbocycles. The van der Waals surface area contributed by atoms with E-state index in [9.17, 15) is 0 Å². The number of rotatable bonds is 3. The quantitative estimate of drug-likeness (QED) is 0.702. The van der Waals surface area contributed by atoms with Gasteiger partial charge in [0.15, 0.2) is 5.65 Å². The normalized spacial score (nSPS) is 10.8. The van der Waals surface area contributed by atoms with Gasteiger partial charge in [-0.25, -0.2) is 9.97 Å². The van der Waals surface area contributed by atoms with E-state index in [0.717, 1.165) is 24.1 Å². The zero-order valence-corrected chi connectivity index (χ0v) is 7.91. The van der Waals surface area contributed by atoms with Gasteiger partial charge in [-0.1, -0.05) is 0 Å². The Morgan fingerprint density at radius 2 is 2.31 bits per heavy atom. The van der Waals surface area contributed by atoms with Crippen LogP contribution in [0.15, 0.2) is 24.7 Å². The molecule has 0 spiro atoms. The molecule has 0 amide bonds. The molecule has 0 aromatic carbocycles. The maximum Gasteiger partial charge on any atom is 0.159 e. The van der Waals surface area contributed by atoms with E-state index >= 15 is 0 Å². The first kappa shape index (κ1) is 8.51. The molecule has 2 heterocycles. The van der Waals surface area contributed by atoms with E-state index in [4.69, 9.17) is 11.6 Å². The molecule has 68 valence electrons. The van der Waals surface area contributed by atoms with Crippen LogP contribution in [-0.4, -0.2) is 20.4 Å². The number of aryl methyl sites for hydroxylation is 1. The lowest BCUT2D eigenvalue weighted by Crippen LogP contribution is -1.97. The lowest BCUT2D eigenvalue weighted by Gasteiger charge is -1.99. The van der Waals surface area contributed by atoms with Gasteiger partial charge in [-0.2, -0.15) is 0 Å². The fourth-order valence-electron chi connectivity index (χ4n) is 1.29. The van der Waals surface area contributed by atoms with Crippen LogP contribution in [0.25, 0.3) is 11.2 Å². The minimum atomic E-state index is 0.673. The van der Waals surface area contributed by atoms with E-state index in [-0.39, 0.29) is 0 Å². The third-order valence-corrected chi connectivity index (χ3v) is 2.17. The molecule has 0 atom stereocenters. The summed E-state index contributed by atoms with van der Waals surface area (Å²) < 4.78 is 2.03. The van der Waals surface area contributed by atoms with Crippen molar-refractivity contribution in [2.24, 2.45) is 0 Å². The highest BCUT2D eigenvalue weighted by Crippen LogP contribution is 2.08. The van der Waals surface area contributed by atoms with Crippen LogP contribution >= 0.6 is 11.6 Å². The van der Waals surface area contributed by atoms with Gasteiger partial charge in [0, 0.05) is 18.6 Å². The second-order valence-electron chi connectivity index (χ2n) is 2.83. The lowest BCUT2D eigenvalue weighted by molar-refractivity contribution is 0.695. The van der Waals surface area contributed by atoms with Crippen LogP contribution in [0.2, 0.25) is 0 Å². The van der Waals surface area contributed by atoms with Gasteiger partial charge in [-0.05, 0) is 18.6 Å². The summed E-state index contributed by atoms with van der Waals surface area (Å²) in [7, 11) is 0. The summed E-state index contributed by atoms with van der Waals surface area (Å²) in [6, 6.07) is 3.85. The van der Waals surface area contributed by atoms with Crippen LogP contribution in [-0.2, 0) is 6.54 Å². The summed E-state index contributed by atoms with van der Waals surface area (Å²) in [4.78, 5) is 8.48. The molecule has 0 aliphatic rings. The number of halogens is 1. The second-order valence-corrected chi connectivity index (χ2v) is 3.20. The summed E-state index contributed by atoms with van der Waals surface area (Å²) in [5, 5.41) is 0. The Bertz CT molecular complexity index is 396. The molecular weight excluding hydrogens is 186 g/mol. The van der Waals surface area contributed by atoms with E-state index in [1.54, 1.807) is 6.20 Å². The number of aromatic nitrogens is 3. The van der Waals surface area contributed by atoms with Gasteiger partial charge in [-0.3, -0.25) is 0 Å². The smallest absolute Gasteiger partial charge is 0.159 e. The van der Waals surface area contributed by atoms with E-state index < -0.39 is 0 Å².